The van der Waals surface area contributed by atoms with Gasteiger partial charge in [-0.05, 0) is 12.8 Å². The monoisotopic (exact) mass is 208 g/mol. The first kappa shape index (κ1) is 10.9. The summed E-state index contributed by atoms with van der Waals surface area (Å²) in [6, 6.07) is 0. The van der Waals surface area contributed by atoms with E-state index in [1.54, 1.807) is 0 Å². The Morgan fingerprint density at radius 1 is 1.62 bits per heavy atom. The lowest BCUT2D eigenvalue weighted by Gasteiger charge is -2.15. The second kappa shape index (κ2) is 4.39. The van der Waals surface area contributed by atoms with Crippen LogP contribution < -0.4 is 0 Å². The van der Waals surface area contributed by atoms with E-state index in [0.29, 0.717) is 19.6 Å². The Labute approximate surface area is 78.8 Å². The van der Waals surface area contributed by atoms with E-state index in [4.69, 9.17) is 4.74 Å². The lowest BCUT2D eigenvalue weighted by atomic mass is 10.0. The molecule has 0 aromatic rings. The molecule has 0 aromatic heterocycles. The molecule has 2 atom stereocenters. The highest BCUT2D eigenvalue weighted by Gasteiger charge is 2.24. The largest absolute Gasteiger partial charge is 0.393 e. The van der Waals surface area contributed by atoms with Gasteiger partial charge >= 0.3 is 0 Å². The van der Waals surface area contributed by atoms with Crippen molar-refractivity contribution in [3.8, 4) is 0 Å². The molecule has 0 amide bonds. The Morgan fingerprint density at radius 2 is 2.31 bits per heavy atom. The highest BCUT2D eigenvalue weighted by molar-refractivity contribution is 7.90. The molecule has 78 valence electrons. The highest BCUT2D eigenvalue weighted by atomic mass is 32.2. The Balaban J connectivity index is 2.28. The molecule has 0 bridgehead atoms. The van der Waals surface area contributed by atoms with Crippen LogP contribution in [-0.2, 0) is 14.6 Å². The standard InChI is InChI=1S/C8H16O4S/c1-13(10,11)5-3-8(9)7-2-4-12-6-7/h7-9H,2-6H2,1H3. The summed E-state index contributed by atoms with van der Waals surface area (Å²) >= 11 is 0. The molecule has 5 heteroatoms. The van der Waals surface area contributed by atoms with Gasteiger partial charge in [0.05, 0.1) is 18.5 Å². The fraction of sp³-hybridized carbons (Fsp3) is 1.00. The Hall–Kier alpha value is -0.130. The van der Waals surface area contributed by atoms with Crippen LogP contribution in [0, 0.1) is 5.92 Å². The van der Waals surface area contributed by atoms with Gasteiger partial charge < -0.3 is 9.84 Å². The van der Waals surface area contributed by atoms with Crippen molar-refractivity contribution in [1.29, 1.82) is 0 Å². The van der Waals surface area contributed by atoms with Crippen LogP contribution in [0.2, 0.25) is 0 Å². The summed E-state index contributed by atoms with van der Waals surface area (Å²) in [6.07, 6.45) is 1.82. The molecule has 0 aliphatic carbocycles. The molecule has 13 heavy (non-hydrogen) atoms. The molecule has 0 aromatic carbocycles. The zero-order chi connectivity index (χ0) is 9.90. The molecular weight excluding hydrogens is 192 g/mol. The summed E-state index contributed by atoms with van der Waals surface area (Å²) in [5.41, 5.74) is 0. The molecule has 1 aliphatic rings. The Bertz CT molecular complexity index is 241. The van der Waals surface area contributed by atoms with Crippen molar-refractivity contribution >= 4 is 9.84 Å². The van der Waals surface area contributed by atoms with Gasteiger partial charge in [-0.2, -0.15) is 0 Å². The van der Waals surface area contributed by atoms with Crippen molar-refractivity contribution in [2.24, 2.45) is 5.92 Å². The molecule has 0 radical (unpaired) electrons. The average molecular weight is 208 g/mol. The second-order valence-electron chi connectivity index (χ2n) is 3.61. The molecule has 1 heterocycles. The van der Waals surface area contributed by atoms with Crippen LogP contribution in [0.15, 0.2) is 0 Å². The first-order chi connectivity index (χ1) is 5.99. The molecule has 1 fully saturated rings. The Morgan fingerprint density at radius 3 is 2.77 bits per heavy atom. The van der Waals surface area contributed by atoms with Gasteiger partial charge in [-0.3, -0.25) is 0 Å². The van der Waals surface area contributed by atoms with E-state index in [9.17, 15) is 13.5 Å². The van der Waals surface area contributed by atoms with Gasteiger partial charge in [0.1, 0.15) is 9.84 Å². The van der Waals surface area contributed by atoms with Gasteiger partial charge in [0.25, 0.3) is 0 Å². The third-order valence-electron chi connectivity index (χ3n) is 2.29. The van der Waals surface area contributed by atoms with Crippen LogP contribution in [-0.4, -0.2) is 44.9 Å². The van der Waals surface area contributed by atoms with Crippen molar-refractivity contribution in [2.75, 3.05) is 25.2 Å². The van der Waals surface area contributed by atoms with E-state index in [2.05, 4.69) is 0 Å². The van der Waals surface area contributed by atoms with Gasteiger partial charge in [0, 0.05) is 18.8 Å². The molecule has 4 nitrogen and oxygen atoms in total. The summed E-state index contributed by atoms with van der Waals surface area (Å²) in [7, 11) is -2.95. The fourth-order valence-corrected chi connectivity index (χ4v) is 2.10. The molecule has 0 spiro atoms. The van der Waals surface area contributed by atoms with Gasteiger partial charge in [0.2, 0.25) is 0 Å². The molecule has 2 unspecified atom stereocenters. The summed E-state index contributed by atoms with van der Waals surface area (Å²) in [4.78, 5) is 0. The molecule has 1 aliphatic heterocycles. The number of sulfone groups is 1. The summed E-state index contributed by atoms with van der Waals surface area (Å²) in [5.74, 6) is 0.187. The third kappa shape index (κ3) is 4.06. The van der Waals surface area contributed by atoms with Crippen molar-refractivity contribution in [3.05, 3.63) is 0 Å². The maximum Gasteiger partial charge on any atom is 0.147 e. The van der Waals surface area contributed by atoms with E-state index < -0.39 is 15.9 Å². The van der Waals surface area contributed by atoms with Crippen molar-refractivity contribution in [3.63, 3.8) is 0 Å². The van der Waals surface area contributed by atoms with E-state index in [1.807, 2.05) is 0 Å². The number of hydrogen-bond donors (Lipinski definition) is 1. The fourth-order valence-electron chi connectivity index (χ4n) is 1.43. The maximum atomic E-state index is 10.8. The normalized spacial score (nSPS) is 26.2. The van der Waals surface area contributed by atoms with Crippen LogP contribution in [0.1, 0.15) is 12.8 Å². The van der Waals surface area contributed by atoms with E-state index >= 15 is 0 Å². The van der Waals surface area contributed by atoms with Crippen LogP contribution in [0.25, 0.3) is 0 Å². The van der Waals surface area contributed by atoms with Crippen LogP contribution >= 0.6 is 0 Å². The average Bonchev–Trinajstić information content (AvgIpc) is 2.50. The van der Waals surface area contributed by atoms with Gasteiger partial charge in [-0.1, -0.05) is 0 Å². The SMILES string of the molecule is CS(=O)(=O)CCC(O)C1CCOC1. The predicted molar refractivity (Wildman–Crippen MR) is 49.3 cm³/mol. The zero-order valence-electron chi connectivity index (χ0n) is 7.77. The summed E-state index contributed by atoms with van der Waals surface area (Å²) < 4.78 is 26.7. The summed E-state index contributed by atoms with van der Waals surface area (Å²) in [6.45, 7) is 1.24. The van der Waals surface area contributed by atoms with Crippen molar-refractivity contribution in [2.45, 2.75) is 18.9 Å². The van der Waals surface area contributed by atoms with Crippen LogP contribution in [0.3, 0.4) is 0 Å². The van der Waals surface area contributed by atoms with E-state index in [-0.39, 0.29) is 11.7 Å². The minimum atomic E-state index is -2.95. The lowest BCUT2D eigenvalue weighted by molar-refractivity contribution is 0.0892. The second-order valence-corrected chi connectivity index (χ2v) is 5.87. The quantitative estimate of drug-likeness (QED) is 0.696. The van der Waals surface area contributed by atoms with E-state index in [1.165, 1.54) is 6.26 Å². The van der Waals surface area contributed by atoms with Gasteiger partial charge in [0.15, 0.2) is 0 Å². The molecule has 1 rings (SSSR count). The zero-order valence-corrected chi connectivity index (χ0v) is 8.59. The topological polar surface area (TPSA) is 63.6 Å². The molecule has 1 N–H and O–H groups in total. The first-order valence-corrected chi connectivity index (χ1v) is 6.48. The smallest absolute Gasteiger partial charge is 0.147 e. The van der Waals surface area contributed by atoms with Crippen molar-refractivity contribution < 1.29 is 18.3 Å². The van der Waals surface area contributed by atoms with E-state index in [0.717, 1.165) is 6.42 Å². The predicted octanol–water partition coefficient (Wildman–Crippen LogP) is -0.181. The summed E-state index contributed by atoms with van der Waals surface area (Å²) in [5, 5.41) is 9.57. The Kier molecular flexibility index (Phi) is 3.70. The molecule has 0 saturated carbocycles. The van der Waals surface area contributed by atoms with Crippen LogP contribution in [0.5, 0.6) is 0 Å². The first-order valence-electron chi connectivity index (χ1n) is 4.42. The van der Waals surface area contributed by atoms with Gasteiger partial charge in [-0.15, -0.1) is 0 Å². The number of hydrogen-bond acceptors (Lipinski definition) is 4. The minimum absolute atomic E-state index is 0.0602. The van der Waals surface area contributed by atoms with Crippen molar-refractivity contribution in [1.82, 2.24) is 0 Å². The highest BCUT2D eigenvalue weighted by Crippen LogP contribution is 2.18. The minimum Gasteiger partial charge on any atom is -0.393 e. The molecular formula is C8H16O4S. The number of aliphatic hydroxyl groups excluding tert-OH is 1. The lowest BCUT2D eigenvalue weighted by Crippen LogP contribution is -2.23. The molecule has 1 saturated heterocycles. The number of rotatable bonds is 4. The van der Waals surface area contributed by atoms with Crippen LogP contribution in [0.4, 0.5) is 0 Å². The number of ether oxygens (including phenoxy) is 1. The van der Waals surface area contributed by atoms with Gasteiger partial charge in [-0.25, -0.2) is 8.42 Å². The maximum absolute atomic E-state index is 10.8. The third-order valence-corrected chi connectivity index (χ3v) is 3.27. The number of aliphatic hydroxyl groups is 1.